The van der Waals surface area contributed by atoms with E-state index in [0.717, 1.165) is 24.9 Å². The van der Waals surface area contributed by atoms with Gasteiger partial charge in [-0.25, -0.2) is 0 Å². The normalized spacial score (nSPS) is 24.6. The van der Waals surface area contributed by atoms with Gasteiger partial charge in [0.25, 0.3) is 0 Å². The number of ketones is 1. The van der Waals surface area contributed by atoms with Crippen molar-refractivity contribution in [2.45, 2.75) is 31.7 Å². The van der Waals surface area contributed by atoms with Gasteiger partial charge in [0.2, 0.25) is 0 Å². The van der Waals surface area contributed by atoms with Crippen molar-refractivity contribution in [2.24, 2.45) is 5.73 Å². The van der Waals surface area contributed by atoms with Crippen molar-refractivity contribution >= 4 is 5.78 Å². The number of rotatable bonds is 3. The molecule has 2 rings (SSSR count). The van der Waals surface area contributed by atoms with Crippen molar-refractivity contribution in [3.05, 3.63) is 35.4 Å². The van der Waals surface area contributed by atoms with Crippen LogP contribution in [0.3, 0.4) is 0 Å². The Bertz CT molecular complexity index is 386. The monoisotopic (exact) mass is 232 g/mol. The molecule has 2 atom stereocenters. The molecule has 1 fully saturated rings. The van der Waals surface area contributed by atoms with E-state index in [4.69, 9.17) is 5.73 Å². The van der Waals surface area contributed by atoms with Crippen molar-refractivity contribution in [1.82, 2.24) is 5.32 Å². The van der Waals surface area contributed by atoms with E-state index >= 15 is 0 Å². The van der Waals surface area contributed by atoms with Crippen LogP contribution in [-0.4, -0.2) is 24.9 Å². The molecule has 0 amide bonds. The second-order valence-corrected chi connectivity index (χ2v) is 4.79. The number of hydrogen-bond acceptors (Lipinski definition) is 3. The van der Waals surface area contributed by atoms with Crippen molar-refractivity contribution in [3.63, 3.8) is 0 Å². The highest BCUT2D eigenvalue weighted by Gasteiger charge is 2.21. The number of nitrogens with one attached hydrogen (secondary N) is 1. The molecule has 1 aliphatic rings. The Morgan fingerprint density at radius 1 is 1.41 bits per heavy atom. The first-order chi connectivity index (χ1) is 8.20. The Labute approximate surface area is 102 Å². The van der Waals surface area contributed by atoms with Gasteiger partial charge in [-0.2, -0.15) is 0 Å². The summed E-state index contributed by atoms with van der Waals surface area (Å²) in [5.74, 6) is 0.701. The molecular formula is C14H20N2O. The lowest BCUT2D eigenvalue weighted by molar-refractivity contribution is 0.101. The first-order valence-electron chi connectivity index (χ1n) is 6.25. The van der Waals surface area contributed by atoms with Crippen molar-refractivity contribution in [3.8, 4) is 0 Å². The molecule has 0 spiro atoms. The summed E-state index contributed by atoms with van der Waals surface area (Å²) in [4.78, 5) is 11.2. The van der Waals surface area contributed by atoms with Crippen molar-refractivity contribution in [2.75, 3.05) is 13.1 Å². The Balaban J connectivity index is 2.08. The molecule has 0 saturated carbocycles. The third kappa shape index (κ3) is 2.93. The molecule has 0 bridgehead atoms. The highest BCUT2D eigenvalue weighted by Crippen LogP contribution is 2.27. The third-order valence-electron chi connectivity index (χ3n) is 3.57. The van der Waals surface area contributed by atoms with Crippen LogP contribution in [0.25, 0.3) is 0 Å². The fourth-order valence-electron chi connectivity index (χ4n) is 2.48. The topological polar surface area (TPSA) is 55.1 Å². The van der Waals surface area contributed by atoms with E-state index in [2.05, 4.69) is 17.4 Å². The maximum Gasteiger partial charge on any atom is 0.159 e. The zero-order valence-electron chi connectivity index (χ0n) is 10.3. The summed E-state index contributed by atoms with van der Waals surface area (Å²) in [6.45, 7) is 3.33. The highest BCUT2D eigenvalue weighted by molar-refractivity contribution is 5.94. The summed E-state index contributed by atoms with van der Waals surface area (Å²) in [6, 6.07) is 8.45. The van der Waals surface area contributed by atoms with E-state index in [-0.39, 0.29) is 5.78 Å². The number of carbonyl (C=O) groups excluding carboxylic acids is 1. The van der Waals surface area contributed by atoms with E-state index in [9.17, 15) is 4.79 Å². The molecule has 3 N–H and O–H groups in total. The average molecular weight is 232 g/mol. The molecule has 0 aromatic heterocycles. The van der Waals surface area contributed by atoms with Crippen LogP contribution in [0.1, 0.15) is 41.6 Å². The first kappa shape index (κ1) is 12.3. The highest BCUT2D eigenvalue weighted by atomic mass is 16.1. The minimum absolute atomic E-state index is 0.127. The lowest BCUT2D eigenvalue weighted by Gasteiger charge is -2.29. The van der Waals surface area contributed by atoms with Gasteiger partial charge in [-0.15, -0.1) is 0 Å². The average Bonchev–Trinajstić information content (AvgIpc) is 2.39. The van der Waals surface area contributed by atoms with Gasteiger partial charge in [-0.05, 0) is 37.8 Å². The Kier molecular flexibility index (Phi) is 3.92. The van der Waals surface area contributed by atoms with E-state index in [0.29, 0.717) is 18.5 Å². The molecule has 3 nitrogen and oxygen atoms in total. The minimum Gasteiger partial charge on any atom is -0.329 e. The summed E-state index contributed by atoms with van der Waals surface area (Å²) < 4.78 is 0. The van der Waals surface area contributed by atoms with Crippen LogP contribution in [0, 0.1) is 0 Å². The van der Waals surface area contributed by atoms with Gasteiger partial charge < -0.3 is 11.1 Å². The van der Waals surface area contributed by atoms with Crippen LogP contribution < -0.4 is 11.1 Å². The van der Waals surface area contributed by atoms with Crippen LogP contribution in [0.2, 0.25) is 0 Å². The zero-order chi connectivity index (χ0) is 12.3. The molecule has 1 aromatic carbocycles. The van der Waals surface area contributed by atoms with E-state index in [1.165, 1.54) is 5.56 Å². The van der Waals surface area contributed by atoms with Gasteiger partial charge >= 0.3 is 0 Å². The predicted molar refractivity (Wildman–Crippen MR) is 69.3 cm³/mol. The van der Waals surface area contributed by atoms with Gasteiger partial charge in [-0.3, -0.25) is 4.79 Å². The first-order valence-corrected chi connectivity index (χ1v) is 6.25. The second-order valence-electron chi connectivity index (χ2n) is 4.79. The number of nitrogens with two attached hydrogens (primary N) is 1. The lowest BCUT2D eigenvalue weighted by Crippen LogP contribution is -2.42. The largest absolute Gasteiger partial charge is 0.329 e. The van der Waals surface area contributed by atoms with Crippen LogP contribution in [0.5, 0.6) is 0 Å². The smallest absolute Gasteiger partial charge is 0.159 e. The second kappa shape index (κ2) is 5.43. The fraction of sp³-hybridized carbons (Fsp3) is 0.500. The Hall–Kier alpha value is -1.19. The van der Waals surface area contributed by atoms with Gasteiger partial charge in [0, 0.05) is 18.2 Å². The molecule has 3 heteroatoms. The summed E-state index contributed by atoms with van der Waals surface area (Å²) in [7, 11) is 0. The summed E-state index contributed by atoms with van der Waals surface area (Å²) in [5, 5.41) is 3.42. The molecule has 1 saturated heterocycles. The lowest BCUT2D eigenvalue weighted by atomic mass is 9.86. The number of hydrogen-bond donors (Lipinski definition) is 2. The Morgan fingerprint density at radius 3 is 2.71 bits per heavy atom. The van der Waals surface area contributed by atoms with Crippen LogP contribution in [0.15, 0.2) is 24.3 Å². The maximum atomic E-state index is 11.2. The minimum atomic E-state index is 0.127. The number of Topliss-reactive ketones (excluding diaryl/α,β-unsaturated/α-hetero) is 1. The SMILES string of the molecule is CC(=O)c1ccc(C2CCNC(CN)C2)cc1. The fourth-order valence-corrected chi connectivity index (χ4v) is 2.48. The van der Waals surface area contributed by atoms with Crippen molar-refractivity contribution < 1.29 is 4.79 Å². The molecule has 1 aromatic rings. The standard InChI is InChI=1S/C14H20N2O/c1-10(17)11-2-4-12(5-3-11)13-6-7-16-14(8-13)9-15/h2-5,13-14,16H,6-9,15H2,1H3. The van der Waals surface area contributed by atoms with E-state index in [1.807, 2.05) is 12.1 Å². The van der Waals surface area contributed by atoms with Crippen LogP contribution >= 0.6 is 0 Å². The molecule has 2 unspecified atom stereocenters. The predicted octanol–water partition coefficient (Wildman–Crippen LogP) is 1.68. The summed E-state index contributed by atoms with van der Waals surface area (Å²) >= 11 is 0. The number of benzene rings is 1. The third-order valence-corrected chi connectivity index (χ3v) is 3.57. The zero-order valence-corrected chi connectivity index (χ0v) is 10.3. The van der Waals surface area contributed by atoms with Crippen LogP contribution in [0.4, 0.5) is 0 Å². The summed E-state index contributed by atoms with van der Waals surface area (Å²) in [5.41, 5.74) is 7.82. The molecule has 1 aliphatic heterocycles. The van der Waals surface area contributed by atoms with Gasteiger partial charge in [0.15, 0.2) is 5.78 Å². The van der Waals surface area contributed by atoms with Crippen molar-refractivity contribution in [1.29, 1.82) is 0 Å². The molecule has 1 heterocycles. The Morgan fingerprint density at radius 2 is 2.12 bits per heavy atom. The molecule has 0 aliphatic carbocycles. The number of piperidine rings is 1. The quantitative estimate of drug-likeness (QED) is 0.780. The van der Waals surface area contributed by atoms with Gasteiger partial charge in [0.1, 0.15) is 0 Å². The maximum absolute atomic E-state index is 11.2. The summed E-state index contributed by atoms with van der Waals surface area (Å²) in [6.07, 6.45) is 2.24. The van der Waals surface area contributed by atoms with E-state index in [1.54, 1.807) is 6.92 Å². The van der Waals surface area contributed by atoms with Gasteiger partial charge in [-0.1, -0.05) is 24.3 Å². The molecule has 17 heavy (non-hydrogen) atoms. The van der Waals surface area contributed by atoms with Gasteiger partial charge in [0.05, 0.1) is 0 Å². The van der Waals surface area contributed by atoms with E-state index < -0.39 is 0 Å². The van der Waals surface area contributed by atoms with Crippen LogP contribution in [-0.2, 0) is 0 Å². The number of carbonyl (C=O) groups is 1. The molecule has 0 radical (unpaired) electrons. The molecular weight excluding hydrogens is 212 g/mol. The molecule has 92 valence electrons.